The van der Waals surface area contributed by atoms with Crippen molar-refractivity contribution in [3.8, 4) is 5.75 Å². The summed E-state index contributed by atoms with van der Waals surface area (Å²) < 4.78 is 6.22. The van der Waals surface area contributed by atoms with Gasteiger partial charge in [0, 0.05) is 0 Å². The summed E-state index contributed by atoms with van der Waals surface area (Å²) in [6, 6.07) is 15.3. The molecule has 1 heterocycles. The van der Waals surface area contributed by atoms with Crippen LogP contribution in [0.3, 0.4) is 0 Å². The lowest BCUT2D eigenvalue weighted by Crippen LogP contribution is -2.06. The van der Waals surface area contributed by atoms with E-state index in [2.05, 4.69) is 15.9 Å². The molecule has 0 bridgehead atoms. The molecule has 19 heavy (non-hydrogen) atoms. The third-order valence-corrected chi connectivity index (χ3v) is 4.42. The molecule has 0 N–H and O–H groups in total. The molecule has 0 fully saturated rings. The first-order chi connectivity index (χ1) is 9.25. The first-order valence-corrected chi connectivity index (χ1v) is 7.36. The smallest absolute Gasteiger partial charge is 0.353 e. The minimum atomic E-state index is -0.328. The molecule has 94 valence electrons. The number of carbonyl (C=O) groups excluding carboxylic acids is 1. The highest BCUT2D eigenvalue weighted by atomic mass is 79.9. The van der Waals surface area contributed by atoms with Crippen LogP contribution < -0.4 is 4.74 Å². The van der Waals surface area contributed by atoms with Crippen LogP contribution in [0, 0.1) is 0 Å². The summed E-state index contributed by atoms with van der Waals surface area (Å²) in [6.45, 7) is 0. The molecule has 0 aliphatic rings. The van der Waals surface area contributed by atoms with Gasteiger partial charge in [-0.1, -0.05) is 36.4 Å². The van der Waals surface area contributed by atoms with Crippen LogP contribution in [-0.4, -0.2) is 5.97 Å². The fourth-order valence-electron chi connectivity index (χ4n) is 1.84. The number of carbonyl (C=O) groups is 1. The summed E-state index contributed by atoms with van der Waals surface area (Å²) in [5.74, 6) is 0.211. The Labute approximate surface area is 122 Å². The van der Waals surface area contributed by atoms with Crippen LogP contribution in [-0.2, 0) is 0 Å². The zero-order chi connectivity index (χ0) is 13.2. The highest BCUT2D eigenvalue weighted by Crippen LogP contribution is 2.33. The Morgan fingerprint density at radius 3 is 2.68 bits per heavy atom. The summed E-state index contributed by atoms with van der Waals surface area (Å²) in [5, 5.41) is 3.98. The van der Waals surface area contributed by atoms with Crippen LogP contribution in [0.2, 0.25) is 0 Å². The lowest BCUT2D eigenvalue weighted by Gasteiger charge is -2.08. The first-order valence-electron chi connectivity index (χ1n) is 5.68. The van der Waals surface area contributed by atoms with Gasteiger partial charge in [-0.05, 0) is 44.2 Å². The molecule has 0 aliphatic carbocycles. The van der Waals surface area contributed by atoms with E-state index >= 15 is 0 Å². The predicted octanol–water partition coefficient (Wildman–Crippen LogP) is 4.88. The van der Waals surface area contributed by atoms with Gasteiger partial charge in [-0.3, -0.25) is 0 Å². The highest BCUT2D eigenvalue weighted by Gasteiger charge is 2.13. The van der Waals surface area contributed by atoms with Crippen LogP contribution in [0.25, 0.3) is 10.8 Å². The second kappa shape index (κ2) is 5.15. The standard InChI is InChI=1S/C15H9BrO2S/c16-14-11-5-2-1-4-10(11)7-8-12(14)18-15(17)13-6-3-9-19-13/h1-9H. The third kappa shape index (κ3) is 2.41. The highest BCUT2D eigenvalue weighted by molar-refractivity contribution is 9.10. The number of thiophene rings is 1. The largest absolute Gasteiger partial charge is 0.421 e. The van der Waals surface area contributed by atoms with Crippen molar-refractivity contribution < 1.29 is 9.53 Å². The van der Waals surface area contributed by atoms with E-state index in [1.54, 1.807) is 12.1 Å². The van der Waals surface area contributed by atoms with Crippen molar-refractivity contribution in [3.05, 3.63) is 63.3 Å². The molecular weight excluding hydrogens is 324 g/mol. The molecule has 0 saturated heterocycles. The van der Waals surface area contributed by atoms with Crippen molar-refractivity contribution >= 4 is 44.0 Å². The number of fused-ring (bicyclic) bond motifs is 1. The van der Waals surface area contributed by atoms with E-state index in [9.17, 15) is 4.79 Å². The fraction of sp³-hybridized carbons (Fsp3) is 0. The number of benzene rings is 2. The number of esters is 1. The van der Waals surface area contributed by atoms with Crippen molar-refractivity contribution in [1.29, 1.82) is 0 Å². The molecule has 1 aromatic heterocycles. The van der Waals surface area contributed by atoms with Gasteiger partial charge >= 0.3 is 5.97 Å². The molecule has 0 radical (unpaired) electrons. The predicted molar refractivity (Wildman–Crippen MR) is 80.9 cm³/mol. The van der Waals surface area contributed by atoms with Crippen LogP contribution >= 0.6 is 27.3 Å². The molecule has 0 spiro atoms. The van der Waals surface area contributed by atoms with Crippen LogP contribution in [0.5, 0.6) is 5.75 Å². The van der Waals surface area contributed by atoms with E-state index in [-0.39, 0.29) is 5.97 Å². The maximum absolute atomic E-state index is 11.9. The quantitative estimate of drug-likeness (QED) is 0.493. The maximum Gasteiger partial charge on any atom is 0.353 e. The number of ether oxygens (including phenoxy) is 1. The third-order valence-electron chi connectivity index (χ3n) is 2.75. The van der Waals surface area contributed by atoms with E-state index < -0.39 is 0 Å². The summed E-state index contributed by atoms with van der Waals surface area (Å²) in [6.07, 6.45) is 0. The number of hydrogen-bond donors (Lipinski definition) is 0. The summed E-state index contributed by atoms with van der Waals surface area (Å²) in [4.78, 5) is 12.5. The maximum atomic E-state index is 11.9. The van der Waals surface area contributed by atoms with E-state index in [1.807, 2.05) is 41.8 Å². The van der Waals surface area contributed by atoms with E-state index in [0.717, 1.165) is 15.2 Å². The van der Waals surface area contributed by atoms with Crippen LogP contribution in [0.15, 0.2) is 58.4 Å². The van der Waals surface area contributed by atoms with Crippen LogP contribution in [0.1, 0.15) is 9.67 Å². The minimum absolute atomic E-state index is 0.328. The minimum Gasteiger partial charge on any atom is -0.421 e. The van der Waals surface area contributed by atoms with Gasteiger partial charge in [0.2, 0.25) is 0 Å². The van der Waals surface area contributed by atoms with Gasteiger partial charge in [0.05, 0.1) is 4.47 Å². The zero-order valence-corrected chi connectivity index (χ0v) is 12.2. The Kier molecular flexibility index (Phi) is 3.36. The molecule has 0 saturated carbocycles. The topological polar surface area (TPSA) is 26.3 Å². The second-order valence-corrected chi connectivity index (χ2v) is 5.71. The molecule has 0 atom stereocenters. The van der Waals surface area contributed by atoms with Crippen LogP contribution in [0.4, 0.5) is 0 Å². The lowest BCUT2D eigenvalue weighted by atomic mass is 10.1. The normalized spacial score (nSPS) is 10.6. The Balaban J connectivity index is 1.97. The van der Waals surface area contributed by atoms with Crippen molar-refractivity contribution in [2.45, 2.75) is 0 Å². The van der Waals surface area contributed by atoms with Gasteiger partial charge in [0.25, 0.3) is 0 Å². The summed E-state index contributed by atoms with van der Waals surface area (Å²) >= 11 is 4.87. The molecule has 0 aliphatic heterocycles. The average molecular weight is 333 g/mol. The second-order valence-electron chi connectivity index (χ2n) is 3.97. The lowest BCUT2D eigenvalue weighted by molar-refractivity contribution is 0.0739. The number of rotatable bonds is 2. The van der Waals surface area contributed by atoms with Crippen molar-refractivity contribution in [3.63, 3.8) is 0 Å². The Morgan fingerprint density at radius 2 is 1.89 bits per heavy atom. The van der Waals surface area contributed by atoms with Gasteiger partial charge < -0.3 is 4.74 Å². The number of hydrogen-bond acceptors (Lipinski definition) is 3. The summed E-state index contributed by atoms with van der Waals surface area (Å²) in [7, 11) is 0. The summed E-state index contributed by atoms with van der Waals surface area (Å²) in [5.41, 5.74) is 0. The van der Waals surface area contributed by atoms with Gasteiger partial charge in [-0.25, -0.2) is 4.79 Å². The SMILES string of the molecule is O=C(Oc1ccc2ccccc2c1Br)c1cccs1. The molecule has 2 nitrogen and oxygen atoms in total. The molecule has 3 aromatic rings. The molecular formula is C15H9BrO2S. The van der Waals surface area contributed by atoms with Gasteiger partial charge in [0.15, 0.2) is 0 Å². The van der Waals surface area contributed by atoms with Gasteiger partial charge in [-0.2, -0.15) is 0 Å². The molecule has 4 heteroatoms. The van der Waals surface area contributed by atoms with Crippen molar-refractivity contribution in [2.24, 2.45) is 0 Å². The molecule has 0 amide bonds. The molecule has 0 unspecified atom stereocenters. The van der Waals surface area contributed by atoms with Crippen molar-refractivity contribution in [1.82, 2.24) is 0 Å². The number of halogens is 1. The van der Waals surface area contributed by atoms with E-state index in [1.165, 1.54) is 11.3 Å². The Morgan fingerprint density at radius 1 is 1.05 bits per heavy atom. The average Bonchev–Trinajstić information content (AvgIpc) is 2.96. The van der Waals surface area contributed by atoms with Crippen molar-refractivity contribution in [2.75, 3.05) is 0 Å². The van der Waals surface area contributed by atoms with Gasteiger partial charge in [-0.15, -0.1) is 11.3 Å². The Hall–Kier alpha value is -1.65. The molecule has 2 aromatic carbocycles. The zero-order valence-electron chi connectivity index (χ0n) is 9.80. The monoisotopic (exact) mass is 332 g/mol. The van der Waals surface area contributed by atoms with Gasteiger partial charge in [0.1, 0.15) is 10.6 Å². The first kappa shape index (κ1) is 12.4. The Bertz CT molecular complexity index is 735. The van der Waals surface area contributed by atoms with E-state index in [0.29, 0.717) is 10.6 Å². The molecule has 3 rings (SSSR count). The van der Waals surface area contributed by atoms with E-state index in [4.69, 9.17) is 4.74 Å². The fourth-order valence-corrected chi connectivity index (χ4v) is 3.01.